The lowest BCUT2D eigenvalue weighted by Gasteiger charge is -2.33. The van der Waals surface area contributed by atoms with Gasteiger partial charge in [-0.2, -0.15) is 18.4 Å². The normalized spacial score (nSPS) is 18.4. The molecule has 0 bridgehead atoms. The molecule has 34 heavy (non-hydrogen) atoms. The number of hydrogen-bond donors (Lipinski definition) is 2. The number of anilines is 1. The molecular formula is C24H23F3N4O3. The SMILES string of the molecule is COc1cc(C#N)ccc1[C@@H]1C(C(N)=O)=C(C)Nc2c(C)cnc(OCC3(C(F)(F)F)CC3)c21. The van der Waals surface area contributed by atoms with Crippen LogP contribution in [0, 0.1) is 23.7 Å². The maximum Gasteiger partial charge on any atom is 0.397 e. The summed E-state index contributed by atoms with van der Waals surface area (Å²) in [6.45, 7) is 2.90. The quantitative estimate of drug-likeness (QED) is 0.648. The molecule has 10 heteroatoms. The summed E-state index contributed by atoms with van der Waals surface area (Å²) in [5.41, 5.74) is 7.06. The maximum absolute atomic E-state index is 13.5. The van der Waals surface area contributed by atoms with Crippen molar-refractivity contribution in [1.29, 1.82) is 5.26 Å². The summed E-state index contributed by atoms with van der Waals surface area (Å²) in [4.78, 5) is 16.8. The van der Waals surface area contributed by atoms with Crippen molar-refractivity contribution in [2.75, 3.05) is 19.0 Å². The monoisotopic (exact) mass is 472 g/mol. The smallest absolute Gasteiger partial charge is 0.397 e. The minimum atomic E-state index is -4.39. The first-order chi connectivity index (χ1) is 16.0. The van der Waals surface area contributed by atoms with E-state index in [1.54, 1.807) is 26.0 Å². The van der Waals surface area contributed by atoms with Gasteiger partial charge in [0.25, 0.3) is 0 Å². The average Bonchev–Trinajstić information content (AvgIpc) is 3.59. The van der Waals surface area contributed by atoms with Gasteiger partial charge in [-0.05, 0) is 44.4 Å². The minimum absolute atomic E-state index is 0.0127. The Labute approximate surface area is 194 Å². The summed E-state index contributed by atoms with van der Waals surface area (Å²) in [5, 5.41) is 12.4. The Kier molecular flexibility index (Phi) is 5.67. The van der Waals surface area contributed by atoms with Crippen LogP contribution in [0.2, 0.25) is 0 Å². The van der Waals surface area contributed by atoms with Crippen LogP contribution in [0.25, 0.3) is 0 Å². The van der Waals surface area contributed by atoms with Gasteiger partial charge in [-0.25, -0.2) is 4.98 Å². The van der Waals surface area contributed by atoms with Crippen LogP contribution in [-0.4, -0.2) is 30.8 Å². The van der Waals surface area contributed by atoms with Crippen molar-refractivity contribution < 1.29 is 27.4 Å². The zero-order valence-electron chi connectivity index (χ0n) is 18.8. The van der Waals surface area contributed by atoms with Crippen molar-refractivity contribution in [2.45, 2.75) is 38.8 Å². The Hall–Kier alpha value is -3.74. The molecule has 3 N–H and O–H groups in total. The number of fused-ring (bicyclic) bond motifs is 1. The molecule has 7 nitrogen and oxygen atoms in total. The number of nitrogens with zero attached hydrogens (tertiary/aromatic N) is 2. The molecule has 0 spiro atoms. The highest BCUT2D eigenvalue weighted by molar-refractivity contribution is 5.98. The number of halogens is 3. The van der Waals surface area contributed by atoms with E-state index in [4.69, 9.17) is 15.2 Å². The fourth-order valence-electron chi connectivity index (χ4n) is 4.30. The Bertz CT molecular complexity index is 1240. The molecule has 2 aromatic rings. The van der Waals surface area contributed by atoms with Gasteiger partial charge < -0.3 is 20.5 Å². The third-order valence-corrected chi connectivity index (χ3v) is 6.44. The highest BCUT2D eigenvalue weighted by Gasteiger charge is 2.64. The molecule has 0 saturated heterocycles. The number of ether oxygens (including phenoxy) is 2. The van der Waals surface area contributed by atoms with Crippen LogP contribution in [0.3, 0.4) is 0 Å². The van der Waals surface area contributed by atoms with Gasteiger partial charge >= 0.3 is 6.18 Å². The first-order valence-corrected chi connectivity index (χ1v) is 10.6. The molecule has 1 amide bonds. The number of rotatable bonds is 6. The van der Waals surface area contributed by atoms with Crippen LogP contribution >= 0.6 is 0 Å². The molecule has 1 aromatic heterocycles. The van der Waals surface area contributed by atoms with Gasteiger partial charge in [0.15, 0.2) is 0 Å². The molecule has 1 saturated carbocycles. The molecule has 2 aliphatic rings. The third kappa shape index (κ3) is 3.81. The van der Waals surface area contributed by atoms with Crippen molar-refractivity contribution in [3.63, 3.8) is 0 Å². The molecule has 178 valence electrons. The van der Waals surface area contributed by atoms with Crippen LogP contribution in [0.4, 0.5) is 18.9 Å². The largest absolute Gasteiger partial charge is 0.496 e. The van der Waals surface area contributed by atoms with E-state index in [2.05, 4.69) is 10.3 Å². The summed E-state index contributed by atoms with van der Waals surface area (Å²) in [6, 6.07) is 6.76. The molecule has 1 aliphatic carbocycles. The van der Waals surface area contributed by atoms with E-state index in [0.29, 0.717) is 39.4 Å². The van der Waals surface area contributed by atoms with Gasteiger partial charge in [-0.15, -0.1) is 0 Å². The molecule has 2 heterocycles. The fourth-order valence-corrected chi connectivity index (χ4v) is 4.30. The second kappa shape index (κ2) is 8.24. The topological polar surface area (TPSA) is 110 Å². The summed E-state index contributed by atoms with van der Waals surface area (Å²) in [5.74, 6) is -1.25. The van der Waals surface area contributed by atoms with E-state index < -0.39 is 30.0 Å². The van der Waals surface area contributed by atoms with Gasteiger partial charge in [0.1, 0.15) is 17.8 Å². The van der Waals surface area contributed by atoms with Crippen molar-refractivity contribution in [3.8, 4) is 17.7 Å². The number of benzene rings is 1. The van der Waals surface area contributed by atoms with E-state index in [-0.39, 0.29) is 24.3 Å². The number of nitrogens with one attached hydrogen (secondary N) is 1. The molecule has 1 atom stereocenters. The zero-order valence-corrected chi connectivity index (χ0v) is 18.8. The first kappa shape index (κ1) is 23.4. The van der Waals surface area contributed by atoms with Crippen molar-refractivity contribution in [1.82, 2.24) is 4.98 Å². The van der Waals surface area contributed by atoms with Gasteiger partial charge in [-0.1, -0.05) is 6.07 Å². The predicted molar refractivity (Wildman–Crippen MR) is 117 cm³/mol. The fraction of sp³-hybridized carbons (Fsp3) is 0.375. The Morgan fingerprint density at radius 3 is 2.62 bits per heavy atom. The van der Waals surface area contributed by atoms with Crippen LogP contribution in [0.15, 0.2) is 35.7 Å². The van der Waals surface area contributed by atoms with Crippen molar-refractivity contribution in [3.05, 3.63) is 57.9 Å². The summed E-state index contributed by atoms with van der Waals surface area (Å²) < 4.78 is 51.7. The summed E-state index contributed by atoms with van der Waals surface area (Å²) in [6.07, 6.45) is -2.91. The van der Waals surface area contributed by atoms with Crippen molar-refractivity contribution in [2.24, 2.45) is 11.1 Å². The molecule has 1 aliphatic heterocycles. The van der Waals surface area contributed by atoms with E-state index in [1.165, 1.54) is 19.4 Å². The van der Waals surface area contributed by atoms with E-state index >= 15 is 0 Å². The van der Waals surface area contributed by atoms with Gasteiger partial charge in [0.2, 0.25) is 11.8 Å². The summed E-state index contributed by atoms with van der Waals surface area (Å²) >= 11 is 0. The Balaban J connectivity index is 1.90. The first-order valence-electron chi connectivity index (χ1n) is 10.6. The van der Waals surface area contributed by atoms with Crippen LogP contribution in [0.5, 0.6) is 11.6 Å². The van der Waals surface area contributed by atoms with E-state index in [0.717, 1.165) is 0 Å². The number of alkyl halides is 3. The van der Waals surface area contributed by atoms with Gasteiger partial charge in [0, 0.05) is 23.0 Å². The minimum Gasteiger partial charge on any atom is -0.496 e. The number of pyridine rings is 1. The lowest BCUT2D eigenvalue weighted by molar-refractivity contribution is -0.194. The number of aryl methyl sites for hydroxylation is 1. The second-order valence-corrected chi connectivity index (χ2v) is 8.63. The number of nitrogens with two attached hydrogens (primary N) is 1. The molecule has 1 fully saturated rings. The lowest BCUT2D eigenvalue weighted by atomic mass is 9.79. The molecule has 4 rings (SSSR count). The maximum atomic E-state index is 13.5. The van der Waals surface area contributed by atoms with Crippen molar-refractivity contribution >= 4 is 11.6 Å². The van der Waals surface area contributed by atoms with E-state index in [9.17, 15) is 23.2 Å². The number of methoxy groups -OCH3 is 1. The van der Waals surface area contributed by atoms with Crippen LogP contribution in [0.1, 0.15) is 47.9 Å². The number of carbonyl (C=O) groups excluding carboxylic acids is 1. The van der Waals surface area contributed by atoms with Gasteiger partial charge in [0.05, 0.1) is 35.9 Å². The molecular weight excluding hydrogens is 449 g/mol. The Morgan fingerprint density at radius 2 is 2.06 bits per heavy atom. The highest BCUT2D eigenvalue weighted by Crippen LogP contribution is 2.58. The summed E-state index contributed by atoms with van der Waals surface area (Å²) in [7, 11) is 1.43. The number of carbonyl (C=O) groups is 1. The van der Waals surface area contributed by atoms with E-state index in [1.807, 2.05) is 6.07 Å². The molecule has 0 radical (unpaired) electrons. The standard InChI is InChI=1S/C24H23F3N4O3/c1-12-10-30-22(34-11-23(6-7-23)24(25,26)27)19-18(17(21(29)32)13(2)31-20(12)19)15-5-4-14(9-28)8-16(15)33-3/h4-5,8,10,18,31H,6-7,11H2,1-3H3,(H2,29,32)/t18-/m1/s1. The third-order valence-electron chi connectivity index (χ3n) is 6.44. The lowest BCUT2D eigenvalue weighted by Crippen LogP contribution is -2.32. The number of amides is 1. The van der Waals surface area contributed by atoms with Crippen LogP contribution < -0.4 is 20.5 Å². The average molecular weight is 472 g/mol. The second-order valence-electron chi connectivity index (χ2n) is 8.63. The number of primary amides is 1. The molecule has 1 aromatic carbocycles. The number of allylic oxidation sites excluding steroid dienone is 1. The number of aromatic nitrogens is 1. The molecule has 0 unspecified atom stereocenters. The number of hydrogen-bond acceptors (Lipinski definition) is 6. The highest BCUT2D eigenvalue weighted by atomic mass is 19.4. The van der Waals surface area contributed by atoms with Crippen LogP contribution in [-0.2, 0) is 4.79 Å². The Morgan fingerprint density at radius 1 is 1.35 bits per heavy atom. The van der Waals surface area contributed by atoms with Gasteiger partial charge in [-0.3, -0.25) is 4.79 Å². The number of nitriles is 1. The predicted octanol–water partition coefficient (Wildman–Crippen LogP) is 4.31. The zero-order chi connectivity index (χ0) is 24.8.